The lowest BCUT2D eigenvalue weighted by Crippen LogP contribution is -2.17. The summed E-state index contributed by atoms with van der Waals surface area (Å²) in [6.07, 6.45) is 1.54. The van der Waals surface area contributed by atoms with E-state index in [1.807, 2.05) is 0 Å². The van der Waals surface area contributed by atoms with E-state index in [1.54, 1.807) is 34.5 Å². The van der Waals surface area contributed by atoms with Gasteiger partial charge >= 0.3 is 0 Å². The molecule has 0 aliphatic carbocycles. The van der Waals surface area contributed by atoms with E-state index in [2.05, 4.69) is 9.97 Å². The summed E-state index contributed by atoms with van der Waals surface area (Å²) < 4.78 is 2.90. The van der Waals surface area contributed by atoms with E-state index in [1.165, 1.54) is 9.11 Å². The highest BCUT2D eigenvalue weighted by atomic mass is 127. The number of nitrogens with two attached hydrogens (primary N) is 1. The molecule has 0 unspecified atom stereocenters. The first-order valence-corrected chi connectivity index (χ1v) is 4.43. The van der Waals surface area contributed by atoms with E-state index < -0.39 is 0 Å². The average Bonchev–Trinajstić information content (AvgIpc) is 2.45. The summed E-state index contributed by atoms with van der Waals surface area (Å²) in [4.78, 5) is 19.5. The van der Waals surface area contributed by atoms with Crippen molar-refractivity contribution in [2.45, 2.75) is 0 Å². The number of aromatic nitrogens is 4. The van der Waals surface area contributed by atoms with Crippen molar-refractivity contribution in [1.29, 1.82) is 0 Å². The smallest absolute Gasteiger partial charge is 0.292 e. The molecule has 7 heteroatoms. The number of fused-ring (bicyclic) bond motifs is 1. The van der Waals surface area contributed by atoms with Crippen molar-refractivity contribution in [2.24, 2.45) is 7.05 Å². The SMILES string of the molecule is Cn1cnc2c(=O)n(I)c(N)nc21. The summed E-state index contributed by atoms with van der Waals surface area (Å²) in [6.45, 7) is 0. The molecule has 0 bridgehead atoms. The zero-order valence-electron chi connectivity index (χ0n) is 6.73. The highest BCUT2D eigenvalue weighted by Crippen LogP contribution is 2.08. The molecule has 2 aromatic rings. The van der Waals surface area contributed by atoms with Gasteiger partial charge < -0.3 is 10.3 Å². The molecule has 2 aromatic heterocycles. The lowest BCUT2D eigenvalue weighted by molar-refractivity contribution is 0.928. The number of rotatable bonds is 0. The quantitative estimate of drug-likeness (QED) is 0.688. The van der Waals surface area contributed by atoms with Crippen LogP contribution in [0.5, 0.6) is 0 Å². The minimum atomic E-state index is -0.233. The first kappa shape index (κ1) is 8.48. The predicted octanol–water partition coefficient (Wildman–Crippen LogP) is -0.0897. The summed E-state index contributed by atoms with van der Waals surface area (Å²) in [5, 5.41) is 0. The Hall–Kier alpha value is -1.12. The summed E-state index contributed by atoms with van der Waals surface area (Å²) >= 11 is 1.79. The fraction of sp³-hybridized carbons (Fsp3) is 0.167. The summed E-state index contributed by atoms with van der Waals surface area (Å²) in [5.41, 5.74) is 6.13. The van der Waals surface area contributed by atoms with E-state index >= 15 is 0 Å². The van der Waals surface area contributed by atoms with Gasteiger partial charge in [-0.15, -0.1) is 0 Å². The maximum Gasteiger partial charge on any atom is 0.292 e. The fourth-order valence-corrected chi connectivity index (χ4v) is 1.39. The Morgan fingerprint density at radius 1 is 1.62 bits per heavy atom. The van der Waals surface area contributed by atoms with Gasteiger partial charge in [0, 0.05) is 7.05 Å². The predicted molar refractivity (Wildman–Crippen MR) is 56.6 cm³/mol. The molecule has 0 amide bonds. The van der Waals surface area contributed by atoms with E-state index in [-0.39, 0.29) is 11.5 Å². The van der Waals surface area contributed by atoms with Gasteiger partial charge in [-0.05, 0) is 0 Å². The van der Waals surface area contributed by atoms with Crippen molar-refractivity contribution < 1.29 is 0 Å². The lowest BCUT2D eigenvalue weighted by Gasteiger charge is -1.99. The number of nitrogen functional groups attached to an aromatic ring is 1. The van der Waals surface area contributed by atoms with Crippen LogP contribution in [-0.2, 0) is 7.05 Å². The third-order valence-electron chi connectivity index (χ3n) is 1.71. The number of hydrogen-bond donors (Lipinski definition) is 1. The molecule has 13 heavy (non-hydrogen) atoms. The molecule has 0 aliphatic rings. The van der Waals surface area contributed by atoms with Crippen molar-refractivity contribution in [2.75, 3.05) is 5.73 Å². The summed E-state index contributed by atoms with van der Waals surface area (Å²) in [7, 11) is 1.76. The minimum absolute atomic E-state index is 0.182. The molecule has 68 valence electrons. The average molecular weight is 291 g/mol. The molecule has 2 rings (SSSR count). The molecule has 0 saturated heterocycles. The fourth-order valence-electron chi connectivity index (χ4n) is 1.06. The van der Waals surface area contributed by atoms with Crippen LogP contribution in [0.15, 0.2) is 11.1 Å². The van der Waals surface area contributed by atoms with E-state index in [4.69, 9.17) is 5.73 Å². The highest BCUT2D eigenvalue weighted by molar-refractivity contribution is 14.1. The molecule has 0 fully saturated rings. The molecule has 2 heterocycles. The molecule has 2 N–H and O–H groups in total. The van der Waals surface area contributed by atoms with Crippen LogP contribution in [-0.4, -0.2) is 17.3 Å². The second kappa shape index (κ2) is 2.69. The zero-order chi connectivity index (χ0) is 9.59. The second-order valence-electron chi connectivity index (χ2n) is 2.58. The van der Waals surface area contributed by atoms with Crippen LogP contribution in [0.4, 0.5) is 5.95 Å². The van der Waals surface area contributed by atoms with Gasteiger partial charge in [0.1, 0.15) is 0 Å². The summed E-state index contributed by atoms with van der Waals surface area (Å²) in [6, 6.07) is 0. The van der Waals surface area contributed by atoms with Crippen molar-refractivity contribution in [3.63, 3.8) is 0 Å². The third kappa shape index (κ3) is 1.10. The largest absolute Gasteiger partial charge is 0.368 e. The zero-order valence-corrected chi connectivity index (χ0v) is 8.89. The standard InChI is InChI=1S/C6H6IN5O/c1-11-2-9-3-4(11)10-6(8)12(7)5(3)13/h2H,1H3,(H2,8,10). The van der Waals surface area contributed by atoms with Gasteiger partial charge in [-0.25, -0.2) is 7.76 Å². The number of aryl methyl sites for hydroxylation is 1. The van der Waals surface area contributed by atoms with Gasteiger partial charge in [0.2, 0.25) is 5.95 Å². The Balaban J connectivity index is 3.05. The number of nitrogens with zero attached hydrogens (tertiary/aromatic N) is 4. The third-order valence-corrected chi connectivity index (χ3v) is 2.64. The normalized spacial score (nSPS) is 10.9. The Morgan fingerprint density at radius 2 is 2.31 bits per heavy atom. The first-order valence-electron chi connectivity index (χ1n) is 3.47. The van der Waals surface area contributed by atoms with Crippen LogP contribution in [0.1, 0.15) is 0 Å². The van der Waals surface area contributed by atoms with Crippen LogP contribution >= 0.6 is 22.9 Å². The van der Waals surface area contributed by atoms with Crippen molar-refractivity contribution in [3.8, 4) is 0 Å². The Kier molecular flexibility index (Phi) is 1.75. The van der Waals surface area contributed by atoms with Crippen LogP contribution in [0.3, 0.4) is 0 Å². The highest BCUT2D eigenvalue weighted by Gasteiger charge is 2.09. The van der Waals surface area contributed by atoms with Crippen LogP contribution in [0.2, 0.25) is 0 Å². The van der Waals surface area contributed by atoms with Gasteiger partial charge in [0.25, 0.3) is 5.56 Å². The molecule has 0 aromatic carbocycles. The maximum atomic E-state index is 11.5. The van der Waals surface area contributed by atoms with Gasteiger partial charge in [0.05, 0.1) is 29.2 Å². The van der Waals surface area contributed by atoms with Crippen molar-refractivity contribution >= 4 is 40.0 Å². The first-order chi connectivity index (χ1) is 6.11. The molecular weight excluding hydrogens is 285 g/mol. The van der Waals surface area contributed by atoms with Crippen LogP contribution in [0.25, 0.3) is 11.2 Å². The molecule has 6 nitrogen and oxygen atoms in total. The van der Waals surface area contributed by atoms with Gasteiger partial charge in [-0.1, -0.05) is 0 Å². The number of halogens is 1. The number of anilines is 1. The monoisotopic (exact) mass is 291 g/mol. The molecule has 0 radical (unpaired) electrons. The Morgan fingerprint density at radius 3 is 3.00 bits per heavy atom. The van der Waals surface area contributed by atoms with Crippen molar-refractivity contribution in [1.82, 2.24) is 17.3 Å². The Labute approximate surface area is 86.9 Å². The molecule has 0 saturated carbocycles. The minimum Gasteiger partial charge on any atom is -0.368 e. The van der Waals surface area contributed by atoms with Crippen LogP contribution in [0, 0.1) is 0 Å². The van der Waals surface area contributed by atoms with Gasteiger partial charge in [0.15, 0.2) is 11.2 Å². The molecule has 0 atom stereocenters. The van der Waals surface area contributed by atoms with Gasteiger partial charge in [-0.2, -0.15) is 4.98 Å². The topological polar surface area (TPSA) is 78.7 Å². The summed E-state index contributed by atoms with van der Waals surface area (Å²) in [5.74, 6) is 0.182. The second-order valence-corrected chi connectivity index (χ2v) is 3.55. The number of hydrogen-bond acceptors (Lipinski definition) is 4. The lowest BCUT2D eigenvalue weighted by atomic mass is 10.5. The maximum absolute atomic E-state index is 11.5. The molecular formula is C6H6IN5O. The van der Waals surface area contributed by atoms with E-state index in [0.29, 0.717) is 11.2 Å². The van der Waals surface area contributed by atoms with E-state index in [9.17, 15) is 4.79 Å². The molecule has 0 spiro atoms. The molecule has 0 aliphatic heterocycles. The van der Waals surface area contributed by atoms with Crippen molar-refractivity contribution in [3.05, 3.63) is 16.7 Å². The van der Waals surface area contributed by atoms with E-state index in [0.717, 1.165) is 0 Å². The number of imidazole rings is 1. The van der Waals surface area contributed by atoms with Gasteiger partial charge in [-0.3, -0.25) is 4.79 Å². The Bertz CT molecular complexity index is 528. The van der Waals surface area contributed by atoms with Crippen LogP contribution < -0.4 is 11.3 Å².